The lowest BCUT2D eigenvalue weighted by molar-refractivity contribution is -0.139. The zero-order valence-electron chi connectivity index (χ0n) is 8.30. The van der Waals surface area contributed by atoms with E-state index in [1.54, 1.807) is 24.3 Å². The molecule has 0 saturated heterocycles. The minimum Gasteiger partial charge on any atom is -0.469 e. The molecule has 0 aliphatic carbocycles. The number of nitrogens with two attached hydrogens (primary N) is 1. The SMILES string of the molecule is COC(=O)Cc1ccc(C(N)=NO)cc1. The number of nitrogens with zero attached hydrogens (tertiary/aromatic N) is 1. The van der Waals surface area contributed by atoms with Gasteiger partial charge in [-0.05, 0) is 5.56 Å². The van der Waals surface area contributed by atoms with Crippen LogP contribution >= 0.6 is 0 Å². The Hall–Kier alpha value is -2.04. The molecule has 3 N–H and O–H groups in total. The van der Waals surface area contributed by atoms with Crippen molar-refractivity contribution in [1.29, 1.82) is 0 Å². The third-order valence-corrected chi connectivity index (χ3v) is 1.93. The summed E-state index contributed by atoms with van der Waals surface area (Å²) in [5, 5.41) is 11.3. The Bertz CT molecular complexity index is 371. The van der Waals surface area contributed by atoms with Crippen molar-refractivity contribution in [1.82, 2.24) is 0 Å². The third kappa shape index (κ3) is 2.98. The Labute approximate surface area is 87.1 Å². The highest BCUT2D eigenvalue weighted by Gasteiger charge is 2.03. The Kier molecular flexibility index (Phi) is 3.68. The highest BCUT2D eigenvalue weighted by atomic mass is 16.5. The van der Waals surface area contributed by atoms with Crippen LogP contribution in [0.25, 0.3) is 0 Å². The molecule has 0 aromatic heterocycles. The van der Waals surface area contributed by atoms with Crippen molar-refractivity contribution in [2.45, 2.75) is 6.42 Å². The van der Waals surface area contributed by atoms with Crippen molar-refractivity contribution in [2.75, 3.05) is 7.11 Å². The summed E-state index contributed by atoms with van der Waals surface area (Å²) in [6.07, 6.45) is 0.215. The van der Waals surface area contributed by atoms with Gasteiger partial charge in [0.2, 0.25) is 0 Å². The van der Waals surface area contributed by atoms with Gasteiger partial charge in [0.25, 0.3) is 0 Å². The van der Waals surface area contributed by atoms with Gasteiger partial charge >= 0.3 is 5.97 Å². The van der Waals surface area contributed by atoms with Crippen LogP contribution in [0.5, 0.6) is 0 Å². The second-order valence-electron chi connectivity index (χ2n) is 2.94. The molecule has 0 radical (unpaired) electrons. The fourth-order valence-corrected chi connectivity index (χ4v) is 1.09. The fourth-order valence-electron chi connectivity index (χ4n) is 1.09. The van der Waals surface area contributed by atoms with Gasteiger partial charge in [0.15, 0.2) is 5.84 Å². The van der Waals surface area contributed by atoms with Crippen LogP contribution in [0, 0.1) is 0 Å². The number of oxime groups is 1. The van der Waals surface area contributed by atoms with Crippen molar-refractivity contribution in [3.63, 3.8) is 0 Å². The van der Waals surface area contributed by atoms with Crippen molar-refractivity contribution in [3.05, 3.63) is 35.4 Å². The first-order chi connectivity index (χ1) is 7.17. The van der Waals surface area contributed by atoms with Gasteiger partial charge in [0.1, 0.15) is 0 Å². The molecule has 0 atom stereocenters. The minimum absolute atomic E-state index is 0.0413. The molecule has 0 aliphatic rings. The topological polar surface area (TPSA) is 84.9 Å². The number of hydrogen-bond donors (Lipinski definition) is 2. The number of hydrogen-bond acceptors (Lipinski definition) is 4. The molecule has 0 unspecified atom stereocenters. The summed E-state index contributed by atoms with van der Waals surface area (Å²) in [5.74, 6) is -0.258. The average Bonchev–Trinajstić information content (AvgIpc) is 2.29. The Morgan fingerprint density at radius 2 is 2.07 bits per heavy atom. The van der Waals surface area contributed by atoms with E-state index in [0.29, 0.717) is 5.56 Å². The number of carbonyl (C=O) groups is 1. The molecule has 15 heavy (non-hydrogen) atoms. The molecule has 5 heteroatoms. The molecule has 0 saturated carbocycles. The van der Waals surface area contributed by atoms with Gasteiger partial charge in [-0.15, -0.1) is 0 Å². The predicted molar refractivity (Wildman–Crippen MR) is 54.7 cm³/mol. The molecule has 80 valence electrons. The molecule has 1 aromatic rings. The molecule has 0 aliphatic heterocycles. The summed E-state index contributed by atoms with van der Waals surface area (Å²) < 4.78 is 4.53. The molecule has 0 spiro atoms. The number of benzene rings is 1. The lowest BCUT2D eigenvalue weighted by Crippen LogP contribution is -2.13. The number of methoxy groups -OCH3 is 1. The average molecular weight is 208 g/mol. The summed E-state index contributed by atoms with van der Waals surface area (Å²) in [6, 6.07) is 6.80. The number of carbonyl (C=O) groups excluding carboxylic acids is 1. The van der Waals surface area contributed by atoms with Crippen LogP contribution in [0.4, 0.5) is 0 Å². The van der Waals surface area contributed by atoms with Crippen LogP contribution in [0.2, 0.25) is 0 Å². The number of rotatable bonds is 3. The van der Waals surface area contributed by atoms with Crippen LogP contribution in [0.1, 0.15) is 11.1 Å². The largest absolute Gasteiger partial charge is 0.469 e. The zero-order valence-corrected chi connectivity index (χ0v) is 8.30. The van der Waals surface area contributed by atoms with Gasteiger partial charge in [0.05, 0.1) is 13.5 Å². The zero-order chi connectivity index (χ0) is 11.3. The summed E-state index contributed by atoms with van der Waals surface area (Å²) in [4.78, 5) is 10.9. The normalized spacial score (nSPS) is 11.1. The molecule has 0 amide bonds. The highest BCUT2D eigenvalue weighted by molar-refractivity contribution is 5.97. The Balaban J connectivity index is 2.77. The van der Waals surface area contributed by atoms with E-state index in [-0.39, 0.29) is 18.2 Å². The van der Waals surface area contributed by atoms with Crippen LogP contribution in [-0.4, -0.2) is 24.1 Å². The maximum absolute atomic E-state index is 10.9. The van der Waals surface area contributed by atoms with Gasteiger partial charge in [-0.25, -0.2) is 0 Å². The lowest BCUT2D eigenvalue weighted by atomic mass is 10.1. The van der Waals surface area contributed by atoms with E-state index >= 15 is 0 Å². The third-order valence-electron chi connectivity index (χ3n) is 1.93. The highest BCUT2D eigenvalue weighted by Crippen LogP contribution is 2.05. The van der Waals surface area contributed by atoms with Crippen LogP contribution < -0.4 is 5.73 Å². The molecule has 1 rings (SSSR count). The van der Waals surface area contributed by atoms with Crippen molar-refractivity contribution >= 4 is 11.8 Å². The maximum atomic E-state index is 10.9. The molecule has 0 bridgehead atoms. The standard InChI is InChI=1S/C10H12N2O3/c1-15-9(13)6-7-2-4-8(5-3-7)10(11)12-14/h2-5,14H,6H2,1H3,(H2,11,12). The van der Waals surface area contributed by atoms with Gasteiger partial charge in [-0.1, -0.05) is 29.4 Å². The monoisotopic (exact) mass is 208 g/mol. The smallest absolute Gasteiger partial charge is 0.309 e. The number of amidine groups is 1. The van der Waals surface area contributed by atoms with Gasteiger partial charge < -0.3 is 15.7 Å². The van der Waals surface area contributed by atoms with Crippen LogP contribution in [0.15, 0.2) is 29.4 Å². The van der Waals surface area contributed by atoms with E-state index in [1.165, 1.54) is 7.11 Å². The first-order valence-electron chi connectivity index (χ1n) is 4.31. The van der Waals surface area contributed by atoms with E-state index in [4.69, 9.17) is 10.9 Å². The molecule has 0 fully saturated rings. The van der Waals surface area contributed by atoms with Crippen molar-refractivity contribution in [2.24, 2.45) is 10.9 Å². The second kappa shape index (κ2) is 4.99. The molecule has 0 heterocycles. The van der Waals surface area contributed by atoms with E-state index < -0.39 is 0 Å². The first kappa shape index (κ1) is 11.0. The van der Waals surface area contributed by atoms with Gasteiger partial charge in [0, 0.05) is 5.56 Å². The predicted octanol–water partition coefficient (Wildman–Crippen LogP) is 0.497. The minimum atomic E-state index is -0.299. The molecule has 1 aromatic carbocycles. The van der Waals surface area contributed by atoms with E-state index in [0.717, 1.165) is 5.56 Å². The maximum Gasteiger partial charge on any atom is 0.309 e. The van der Waals surface area contributed by atoms with Crippen molar-refractivity contribution in [3.8, 4) is 0 Å². The van der Waals surface area contributed by atoms with Crippen LogP contribution in [-0.2, 0) is 16.0 Å². The Morgan fingerprint density at radius 1 is 1.47 bits per heavy atom. The summed E-state index contributed by atoms with van der Waals surface area (Å²) in [5.41, 5.74) is 6.80. The molecular weight excluding hydrogens is 196 g/mol. The summed E-state index contributed by atoms with van der Waals surface area (Å²) in [6.45, 7) is 0. The van der Waals surface area contributed by atoms with Gasteiger partial charge in [-0.3, -0.25) is 4.79 Å². The lowest BCUT2D eigenvalue weighted by Gasteiger charge is -2.01. The van der Waals surface area contributed by atoms with Crippen LogP contribution in [0.3, 0.4) is 0 Å². The molecule has 5 nitrogen and oxygen atoms in total. The summed E-state index contributed by atoms with van der Waals surface area (Å²) in [7, 11) is 1.34. The van der Waals surface area contributed by atoms with Crippen molar-refractivity contribution < 1.29 is 14.7 Å². The quantitative estimate of drug-likeness (QED) is 0.249. The number of esters is 1. The Morgan fingerprint density at radius 3 is 2.53 bits per heavy atom. The first-order valence-corrected chi connectivity index (χ1v) is 4.31. The summed E-state index contributed by atoms with van der Waals surface area (Å²) >= 11 is 0. The van der Waals surface area contributed by atoms with E-state index in [2.05, 4.69) is 9.89 Å². The number of ether oxygens (including phenoxy) is 1. The fraction of sp³-hybridized carbons (Fsp3) is 0.200. The van der Waals surface area contributed by atoms with E-state index in [1.807, 2.05) is 0 Å². The second-order valence-corrected chi connectivity index (χ2v) is 2.94. The van der Waals surface area contributed by atoms with E-state index in [9.17, 15) is 4.79 Å². The van der Waals surface area contributed by atoms with Gasteiger partial charge in [-0.2, -0.15) is 0 Å². The molecular formula is C10H12N2O3.